The quantitative estimate of drug-likeness (QED) is 0.755. The van der Waals surface area contributed by atoms with Crippen LogP contribution < -0.4 is 5.32 Å². The molecule has 2 saturated carbocycles. The molecular formula is C18H35NO2. The third kappa shape index (κ3) is 5.54. The van der Waals surface area contributed by atoms with Gasteiger partial charge in [-0.1, -0.05) is 20.8 Å². The minimum absolute atomic E-state index is 0.184. The van der Waals surface area contributed by atoms with E-state index in [9.17, 15) is 5.11 Å². The van der Waals surface area contributed by atoms with E-state index in [0.29, 0.717) is 17.6 Å². The molecule has 3 heteroatoms. The van der Waals surface area contributed by atoms with Crippen LogP contribution in [0.5, 0.6) is 0 Å². The molecule has 0 aromatic carbocycles. The lowest BCUT2D eigenvalue weighted by atomic mass is 9.71. The van der Waals surface area contributed by atoms with Crippen LogP contribution in [-0.4, -0.2) is 35.5 Å². The van der Waals surface area contributed by atoms with Gasteiger partial charge in [-0.25, -0.2) is 0 Å². The van der Waals surface area contributed by atoms with Gasteiger partial charge in [-0.2, -0.15) is 0 Å². The van der Waals surface area contributed by atoms with Crippen LogP contribution in [0.15, 0.2) is 0 Å². The van der Waals surface area contributed by atoms with Gasteiger partial charge in [0, 0.05) is 11.6 Å². The van der Waals surface area contributed by atoms with Gasteiger partial charge in [0.2, 0.25) is 0 Å². The normalized spacial score (nSPS) is 33.4. The molecule has 2 aliphatic rings. The summed E-state index contributed by atoms with van der Waals surface area (Å²) in [6.45, 7) is 11.5. The minimum Gasteiger partial charge on any atom is -0.394 e. The Bertz CT molecular complexity index is 340. The molecular weight excluding hydrogens is 262 g/mol. The van der Waals surface area contributed by atoms with E-state index in [4.69, 9.17) is 4.74 Å². The summed E-state index contributed by atoms with van der Waals surface area (Å²) in [5, 5.41) is 13.3. The molecule has 0 aromatic heterocycles. The summed E-state index contributed by atoms with van der Waals surface area (Å²) in [4.78, 5) is 0. The van der Waals surface area contributed by atoms with Crippen molar-refractivity contribution in [2.24, 2.45) is 11.3 Å². The average Bonchev–Trinajstić information content (AvgIpc) is 3.09. The van der Waals surface area contributed by atoms with Crippen LogP contribution in [0.25, 0.3) is 0 Å². The first-order valence-corrected chi connectivity index (χ1v) is 8.75. The lowest BCUT2D eigenvalue weighted by Crippen LogP contribution is -2.49. The topological polar surface area (TPSA) is 41.5 Å². The number of hydrogen-bond donors (Lipinski definition) is 2. The van der Waals surface area contributed by atoms with Crippen molar-refractivity contribution in [3.05, 3.63) is 0 Å². The van der Waals surface area contributed by atoms with E-state index in [1.165, 1.54) is 25.7 Å². The number of rotatable bonds is 7. The molecule has 21 heavy (non-hydrogen) atoms. The Morgan fingerprint density at radius 1 is 1.33 bits per heavy atom. The molecule has 0 saturated heterocycles. The molecule has 0 aromatic rings. The van der Waals surface area contributed by atoms with Gasteiger partial charge in [-0.3, -0.25) is 0 Å². The van der Waals surface area contributed by atoms with E-state index in [-0.39, 0.29) is 18.2 Å². The van der Waals surface area contributed by atoms with E-state index < -0.39 is 0 Å². The van der Waals surface area contributed by atoms with E-state index in [1.807, 2.05) is 0 Å². The first-order valence-electron chi connectivity index (χ1n) is 8.75. The van der Waals surface area contributed by atoms with Gasteiger partial charge >= 0.3 is 0 Å². The van der Waals surface area contributed by atoms with Crippen LogP contribution in [0.3, 0.4) is 0 Å². The first kappa shape index (κ1) is 17.2. The summed E-state index contributed by atoms with van der Waals surface area (Å²) in [5.74, 6) is 0.750. The second kappa shape index (κ2) is 6.55. The Labute approximate surface area is 130 Å². The van der Waals surface area contributed by atoms with E-state index in [2.05, 4.69) is 39.9 Å². The van der Waals surface area contributed by atoms with Crippen LogP contribution in [-0.2, 0) is 4.74 Å². The third-order valence-electron chi connectivity index (χ3n) is 4.99. The Kier molecular flexibility index (Phi) is 5.38. The summed E-state index contributed by atoms with van der Waals surface area (Å²) in [5.41, 5.74) is 0.199. The third-order valence-corrected chi connectivity index (χ3v) is 4.99. The molecule has 4 unspecified atom stereocenters. The zero-order valence-electron chi connectivity index (χ0n) is 14.6. The molecule has 124 valence electrons. The number of ether oxygens (including phenoxy) is 1. The van der Waals surface area contributed by atoms with Crippen molar-refractivity contribution in [1.29, 1.82) is 0 Å². The maximum atomic E-state index is 9.72. The molecule has 0 aliphatic heterocycles. The lowest BCUT2D eigenvalue weighted by Gasteiger charge is -2.41. The molecule has 0 bridgehead atoms. The second-order valence-electron chi connectivity index (χ2n) is 8.82. The van der Waals surface area contributed by atoms with Crippen molar-refractivity contribution < 1.29 is 9.84 Å². The highest BCUT2D eigenvalue weighted by Gasteiger charge is 2.36. The highest BCUT2D eigenvalue weighted by Crippen LogP contribution is 2.40. The standard InChI is InChI=1S/C18H35NO2/c1-13-8-16(11-17(3,4)9-13)21-14(2)10-18(5,12-20)19-15-6-7-15/h13-16,19-20H,6-12H2,1-5H3. The van der Waals surface area contributed by atoms with Gasteiger partial charge in [0.25, 0.3) is 0 Å². The summed E-state index contributed by atoms with van der Waals surface area (Å²) in [6, 6.07) is 0.614. The van der Waals surface area contributed by atoms with Crippen molar-refractivity contribution in [3.8, 4) is 0 Å². The summed E-state index contributed by atoms with van der Waals surface area (Å²) in [6.07, 6.45) is 7.59. The highest BCUT2D eigenvalue weighted by molar-refractivity contribution is 4.93. The molecule has 4 atom stereocenters. The van der Waals surface area contributed by atoms with Gasteiger partial charge in [0.05, 0.1) is 18.8 Å². The molecule has 0 heterocycles. The largest absolute Gasteiger partial charge is 0.394 e. The fraction of sp³-hybridized carbons (Fsp3) is 1.00. The minimum atomic E-state index is -0.198. The first-order chi connectivity index (χ1) is 9.71. The summed E-state index contributed by atoms with van der Waals surface area (Å²) in [7, 11) is 0. The van der Waals surface area contributed by atoms with Crippen LogP contribution in [0.1, 0.15) is 73.1 Å². The molecule has 2 rings (SSSR count). The zero-order chi connectivity index (χ0) is 15.7. The van der Waals surface area contributed by atoms with Crippen LogP contribution in [0.2, 0.25) is 0 Å². The van der Waals surface area contributed by atoms with Crippen LogP contribution in [0, 0.1) is 11.3 Å². The van der Waals surface area contributed by atoms with Crippen molar-refractivity contribution >= 4 is 0 Å². The number of aliphatic hydroxyl groups is 1. The van der Waals surface area contributed by atoms with Gasteiger partial charge in [-0.05, 0) is 63.7 Å². The molecule has 0 radical (unpaired) electrons. The fourth-order valence-electron chi connectivity index (χ4n) is 4.26. The maximum absolute atomic E-state index is 9.72. The van der Waals surface area contributed by atoms with Gasteiger partial charge in [0.15, 0.2) is 0 Å². The lowest BCUT2D eigenvalue weighted by molar-refractivity contribution is -0.0710. The predicted molar refractivity (Wildman–Crippen MR) is 87.4 cm³/mol. The SMILES string of the molecule is CC1CC(OC(C)CC(C)(CO)NC2CC2)CC(C)(C)C1. The summed E-state index contributed by atoms with van der Waals surface area (Å²) >= 11 is 0. The molecule has 2 N–H and O–H groups in total. The van der Waals surface area contributed by atoms with Gasteiger partial charge in [0.1, 0.15) is 0 Å². The number of nitrogens with one attached hydrogen (secondary N) is 1. The Balaban J connectivity index is 1.83. The zero-order valence-corrected chi connectivity index (χ0v) is 14.6. The smallest absolute Gasteiger partial charge is 0.0611 e. The Hall–Kier alpha value is -0.120. The second-order valence-corrected chi connectivity index (χ2v) is 8.82. The molecule has 2 fully saturated rings. The number of aliphatic hydroxyl groups excluding tert-OH is 1. The van der Waals surface area contributed by atoms with Crippen molar-refractivity contribution in [2.75, 3.05) is 6.61 Å². The highest BCUT2D eigenvalue weighted by atomic mass is 16.5. The fourth-order valence-corrected chi connectivity index (χ4v) is 4.26. The average molecular weight is 297 g/mol. The predicted octanol–water partition coefficient (Wildman–Crippen LogP) is 3.50. The van der Waals surface area contributed by atoms with Crippen molar-refractivity contribution in [3.63, 3.8) is 0 Å². The number of hydrogen-bond acceptors (Lipinski definition) is 3. The van der Waals surface area contributed by atoms with Crippen molar-refractivity contribution in [2.45, 2.75) is 96.9 Å². The van der Waals surface area contributed by atoms with E-state index in [0.717, 1.165) is 18.8 Å². The van der Waals surface area contributed by atoms with Crippen LogP contribution >= 0.6 is 0 Å². The Morgan fingerprint density at radius 2 is 2.00 bits per heavy atom. The Morgan fingerprint density at radius 3 is 2.52 bits per heavy atom. The van der Waals surface area contributed by atoms with Crippen molar-refractivity contribution in [1.82, 2.24) is 5.32 Å². The molecule has 3 nitrogen and oxygen atoms in total. The molecule has 0 spiro atoms. The molecule has 2 aliphatic carbocycles. The van der Waals surface area contributed by atoms with Gasteiger partial charge < -0.3 is 15.2 Å². The van der Waals surface area contributed by atoms with Crippen LogP contribution in [0.4, 0.5) is 0 Å². The monoisotopic (exact) mass is 297 g/mol. The molecule has 0 amide bonds. The maximum Gasteiger partial charge on any atom is 0.0611 e. The van der Waals surface area contributed by atoms with Gasteiger partial charge in [-0.15, -0.1) is 0 Å². The van der Waals surface area contributed by atoms with E-state index in [1.54, 1.807) is 0 Å². The van der Waals surface area contributed by atoms with E-state index >= 15 is 0 Å². The summed E-state index contributed by atoms with van der Waals surface area (Å²) < 4.78 is 6.35.